The number of carbonyl (C=O) groups excluding carboxylic acids is 1. The molecule has 2 aromatic heterocycles. The van der Waals surface area contributed by atoms with Crippen LogP contribution in [0.15, 0.2) is 72.9 Å². The van der Waals surface area contributed by atoms with E-state index in [0.717, 1.165) is 45.8 Å². The molecule has 212 valence electrons. The zero-order valence-electron chi connectivity index (χ0n) is 23.4. The third-order valence-electron chi connectivity index (χ3n) is 7.20. The zero-order chi connectivity index (χ0) is 29.5. The second kappa shape index (κ2) is 11.0. The quantitative estimate of drug-likeness (QED) is 0.226. The number of hydrogen-bond donors (Lipinski definition) is 2. The number of carbonyl (C=O) groups is 1. The van der Waals surface area contributed by atoms with E-state index in [1.54, 1.807) is 18.3 Å². The predicted molar refractivity (Wildman–Crippen MR) is 164 cm³/mol. The minimum absolute atomic E-state index is 0.256. The van der Waals surface area contributed by atoms with Crippen molar-refractivity contribution in [1.29, 1.82) is 0 Å². The van der Waals surface area contributed by atoms with Gasteiger partial charge in [-0.25, -0.2) is 13.2 Å². The summed E-state index contributed by atoms with van der Waals surface area (Å²) in [7, 11) is -2.06. The smallest absolute Gasteiger partial charge is 0.337 e. The van der Waals surface area contributed by atoms with Gasteiger partial charge in [0.25, 0.3) is 0 Å². The molecular formula is C30H31N5O4S2. The Bertz CT molecular complexity index is 1750. The van der Waals surface area contributed by atoms with Gasteiger partial charge >= 0.3 is 5.97 Å². The Hall–Kier alpha value is -4.22. The number of benzene rings is 2. The topological polar surface area (TPSA) is 106 Å². The van der Waals surface area contributed by atoms with Crippen LogP contribution in [-0.2, 0) is 14.8 Å². The third kappa shape index (κ3) is 5.55. The fraction of sp³-hybridized carbons (Fsp3) is 0.233. The molecule has 0 unspecified atom stereocenters. The number of aryl methyl sites for hydroxylation is 2. The molecule has 2 aromatic carbocycles. The fourth-order valence-corrected chi connectivity index (χ4v) is 6.41. The molecule has 2 N–H and O–H groups in total. The second-order valence-corrected chi connectivity index (χ2v) is 12.2. The van der Waals surface area contributed by atoms with Crippen LogP contribution in [0.25, 0.3) is 5.69 Å². The van der Waals surface area contributed by atoms with Gasteiger partial charge in [0.1, 0.15) is 0 Å². The molecule has 1 saturated heterocycles. The molecule has 1 aliphatic rings. The number of thiocarbonyl (C=S) groups is 1. The standard InChI is InChI=1S/C30H31N5O4S2/c1-18-15-23(12-13-25(18)33-41(5,37)38)35-28(27(32-30(35)40)26-11-6-7-14-31-26)24-16-19(2)34(20(24)3)22-10-8-9-21(17-22)29(36)39-4/h6-17,27-28,33H,1-5H3,(H,32,40)/t27-,28+/m0/s1. The molecule has 0 saturated carbocycles. The molecule has 41 heavy (non-hydrogen) atoms. The predicted octanol–water partition coefficient (Wildman–Crippen LogP) is 5.13. The summed E-state index contributed by atoms with van der Waals surface area (Å²) in [4.78, 5) is 18.9. The number of methoxy groups -OCH3 is 1. The van der Waals surface area contributed by atoms with E-state index >= 15 is 0 Å². The molecule has 9 nitrogen and oxygen atoms in total. The highest BCUT2D eigenvalue weighted by Gasteiger charge is 2.42. The van der Waals surface area contributed by atoms with Crippen molar-refractivity contribution in [3.05, 3.63) is 107 Å². The van der Waals surface area contributed by atoms with Crippen molar-refractivity contribution in [3.63, 3.8) is 0 Å². The van der Waals surface area contributed by atoms with Crippen molar-refractivity contribution in [2.45, 2.75) is 32.9 Å². The molecule has 11 heteroatoms. The van der Waals surface area contributed by atoms with E-state index in [1.165, 1.54) is 7.11 Å². The molecule has 4 aromatic rings. The first kappa shape index (κ1) is 28.3. The summed E-state index contributed by atoms with van der Waals surface area (Å²) >= 11 is 5.89. The van der Waals surface area contributed by atoms with Gasteiger partial charge in [-0.2, -0.15) is 0 Å². The van der Waals surface area contributed by atoms with Crippen LogP contribution < -0.4 is 14.9 Å². The van der Waals surface area contributed by atoms with E-state index in [2.05, 4.69) is 30.6 Å². The number of rotatable bonds is 7. The molecule has 0 amide bonds. The van der Waals surface area contributed by atoms with Crippen molar-refractivity contribution >= 4 is 44.7 Å². The molecule has 0 spiro atoms. The highest BCUT2D eigenvalue weighted by atomic mass is 32.2. The second-order valence-electron chi connectivity index (χ2n) is 10.1. The summed E-state index contributed by atoms with van der Waals surface area (Å²) in [6.07, 6.45) is 2.89. The van der Waals surface area contributed by atoms with Gasteiger partial charge in [0, 0.05) is 29.0 Å². The number of hydrogen-bond acceptors (Lipinski definition) is 6. The van der Waals surface area contributed by atoms with Crippen LogP contribution in [0.3, 0.4) is 0 Å². The molecule has 3 heterocycles. The van der Waals surface area contributed by atoms with Crippen LogP contribution in [0.1, 0.15) is 50.7 Å². The fourth-order valence-electron chi connectivity index (χ4n) is 5.44. The minimum Gasteiger partial charge on any atom is -0.465 e. The van der Waals surface area contributed by atoms with Gasteiger partial charge < -0.3 is 19.5 Å². The van der Waals surface area contributed by atoms with Crippen LogP contribution in [0.2, 0.25) is 0 Å². The normalized spacial score (nSPS) is 16.9. The first-order valence-corrected chi connectivity index (χ1v) is 15.2. The molecular weight excluding hydrogens is 558 g/mol. The van der Waals surface area contributed by atoms with Crippen LogP contribution >= 0.6 is 12.2 Å². The maximum absolute atomic E-state index is 12.2. The molecule has 1 fully saturated rings. The maximum atomic E-state index is 12.2. The van der Waals surface area contributed by atoms with E-state index in [9.17, 15) is 13.2 Å². The molecule has 5 rings (SSSR count). The lowest BCUT2D eigenvalue weighted by molar-refractivity contribution is 0.0600. The van der Waals surface area contributed by atoms with Gasteiger partial charge in [-0.3, -0.25) is 9.71 Å². The van der Waals surface area contributed by atoms with Gasteiger partial charge in [-0.05, 0) is 98.7 Å². The van der Waals surface area contributed by atoms with Crippen LogP contribution in [0.5, 0.6) is 0 Å². The largest absolute Gasteiger partial charge is 0.465 e. The molecule has 1 aliphatic heterocycles. The SMILES string of the molecule is COC(=O)c1cccc(-n2c(C)cc([C@@H]3[C@H](c4ccccn4)NC(=S)N3c3ccc(NS(C)(=O)=O)c(C)c3)c2C)c1. The Morgan fingerprint density at radius 3 is 2.46 bits per heavy atom. The van der Waals surface area contributed by atoms with E-state index in [0.29, 0.717) is 16.4 Å². The first-order valence-electron chi connectivity index (χ1n) is 12.9. The number of anilines is 2. The highest BCUT2D eigenvalue weighted by molar-refractivity contribution is 7.92. The maximum Gasteiger partial charge on any atom is 0.337 e. The van der Waals surface area contributed by atoms with Gasteiger partial charge in [-0.1, -0.05) is 12.1 Å². The summed E-state index contributed by atoms with van der Waals surface area (Å²) in [5.74, 6) is -0.398. The Balaban J connectivity index is 1.65. The summed E-state index contributed by atoms with van der Waals surface area (Å²) in [6.45, 7) is 5.93. The molecule has 0 bridgehead atoms. The number of nitrogens with one attached hydrogen (secondary N) is 2. The lowest BCUT2D eigenvalue weighted by atomic mass is 9.96. The van der Waals surface area contributed by atoms with Gasteiger partial charge in [0.15, 0.2) is 5.11 Å². The molecule has 2 atom stereocenters. The summed E-state index contributed by atoms with van der Waals surface area (Å²) in [6, 6.07) is 20.3. The van der Waals surface area contributed by atoms with Crippen molar-refractivity contribution in [1.82, 2.24) is 14.9 Å². The third-order valence-corrected chi connectivity index (χ3v) is 8.10. The van der Waals surface area contributed by atoms with E-state index in [1.807, 2.05) is 69.3 Å². The number of nitrogens with zero attached hydrogens (tertiary/aromatic N) is 3. The van der Waals surface area contributed by atoms with Crippen LogP contribution in [-0.4, -0.2) is 42.4 Å². The van der Waals surface area contributed by atoms with Crippen molar-refractivity contribution in [2.24, 2.45) is 0 Å². The Morgan fingerprint density at radius 2 is 1.80 bits per heavy atom. The van der Waals surface area contributed by atoms with Gasteiger partial charge in [0.05, 0.1) is 42.4 Å². The van der Waals surface area contributed by atoms with E-state index < -0.39 is 16.0 Å². The van der Waals surface area contributed by atoms with E-state index in [4.69, 9.17) is 17.0 Å². The van der Waals surface area contributed by atoms with Crippen molar-refractivity contribution in [2.75, 3.05) is 23.0 Å². The Kier molecular flexibility index (Phi) is 7.58. The van der Waals surface area contributed by atoms with Crippen molar-refractivity contribution in [3.8, 4) is 5.69 Å². The Morgan fingerprint density at radius 1 is 1.02 bits per heavy atom. The Labute approximate surface area is 245 Å². The minimum atomic E-state index is -3.43. The average Bonchev–Trinajstić information content (AvgIpc) is 3.43. The first-order chi connectivity index (χ1) is 19.5. The van der Waals surface area contributed by atoms with E-state index in [-0.39, 0.29) is 12.1 Å². The number of sulfonamides is 1. The summed E-state index contributed by atoms with van der Waals surface area (Å²) in [5.41, 5.74) is 7.25. The highest BCUT2D eigenvalue weighted by Crippen LogP contribution is 2.44. The summed E-state index contributed by atoms with van der Waals surface area (Å²) in [5, 5.41) is 4.01. The van der Waals surface area contributed by atoms with Gasteiger partial charge in [0.2, 0.25) is 10.0 Å². The molecule has 0 aliphatic carbocycles. The number of ether oxygens (including phenoxy) is 1. The lowest BCUT2D eigenvalue weighted by Crippen LogP contribution is -2.29. The van der Waals surface area contributed by atoms with Crippen LogP contribution in [0.4, 0.5) is 11.4 Å². The lowest BCUT2D eigenvalue weighted by Gasteiger charge is -2.29. The van der Waals surface area contributed by atoms with Crippen molar-refractivity contribution < 1.29 is 17.9 Å². The van der Waals surface area contributed by atoms with Crippen LogP contribution in [0, 0.1) is 20.8 Å². The van der Waals surface area contributed by atoms with Gasteiger partial charge in [-0.15, -0.1) is 0 Å². The zero-order valence-corrected chi connectivity index (χ0v) is 25.0. The summed E-state index contributed by atoms with van der Waals surface area (Å²) < 4.78 is 33.3. The number of aromatic nitrogens is 2. The number of pyridine rings is 1. The number of esters is 1. The average molecular weight is 590 g/mol. The molecule has 0 radical (unpaired) electrons. The monoisotopic (exact) mass is 589 g/mol.